The molecule has 0 aliphatic carbocycles. The third-order valence-electron chi connectivity index (χ3n) is 4.34. The Morgan fingerprint density at radius 2 is 1.93 bits per heavy atom. The van der Waals surface area contributed by atoms with Crippen molar-refractivity contribution >= 4 is 10.0 Å². The van der Waals surface area contributed by atoms with Crippen molar-refractivity contribution in [3.63, 3.8) is 0 Å². The first-order valence-electron chi connectivity index (χ1n) is 9.10. The zero-order chi connectivity index (χ0) is 19.4. The lowest BCUT2D eigenvalue weighted by Gasteiger charge is -2.31. The maximum absolute atomic E-state index is 13.0. The Labute approximate surface area is 160 Å². The molecule has 0 saturated carbocycles. The van der Waals surface area contributed by atoms with Crippen molar-refractivity contribution in [3.8, 4) is 11.6 Å². The number of piperidine rings is 1. The third kappa shape index (κ3) is 4.75. The van der Waals surface area contributed by atoms with Gasteiger partial charge in [-0.25, -0.2) is 13.4 Å². The lowest BCUT2D eigenvalue weighted by Crippen LogP contribution is -2.44. The van der Waals surface area contributed by atoms with Gasteiger partial charge in [-0.2, -0.15) is 9.29 Å². The largest absolute Gasteiger partial charge is 0.494 e. The minimum atomic E-state index is -3.57. The van der Waals surface area contributed by atoms with Gasteiger partial charge in [-0.15, -0.1) is 0 Å². The van der Waals surface area contributed by atoms with E-state index in [4.69, 9.17) is 9.47 Å². The SMILES string of the molecule is CCOc1ccc(S(=O)(=O)N2CCCC(Oc3cc(C)nc(C)n3)C2)cc1. The lowest BCUT2D eigenvalue weighted by molar-refractivity contribution is 0.124. The van der Waals surface area contributed by atoms with Crippen LogP contribution in [0.3, 0.4) is 0 Å². The molecule has 0 N–H and O–H groups in total. The maximum atomic E-state index is 13.0. The van der Waals surface area contributed by atoms with E-state index in [2.05, 4.69) is 9.97 Å². The minimum Gasteiger partial charge on any atom is -0.494 e. The second-order valence-electron chi connectivity index (χ2n) is 6.54. The van der Waals surface area contributed by atoms with E-state index >= 15 is 0 Å². The highest BCUT2D eigenvalue weighted by Gasteiger charge is 2.31. The Balaban J connectivity index is 1.72. The fourth-order valence-electron chi connectivity index (χ4n) is 3.16. The predicted octanol–water partition coefficient (Wildman–Crippen LogP) is 2.72. The average Bonchev–Trinajstić information content (AvgIpc) is 2.62. The number of ether oxygens (including phenoxy) is 2. The topological polar surface area (TPSA) is 81.6 Å². The number of benzene rings is 1. The zero-order valence-corrected chi connectivity index (χ0v) is 16.7. The van der Waals surface area contributed by atoms with Crippen LogP contribution >= 0.6 is 0 Å². The lowest BCUT2D eigenvalue weighted by atomic mass is 10.1. The van der Waals surface area contributed by atoms with Gasteiger partial charge in [0, 0.05) is 18.3 Å². The van der Waals surface area contributed by atoms with Gasteiger partial charge in [-0.05, 0) is 57.9 Å². The fourth-order valence-corrected chi connectivity index (χ4v) is 4.67. The van der Waals surface area contributed by atoms with Crippen LogP contribution in [0.2, 0.25) is 0 Å². The first-order valence-corrected chi connectivity index (χ1v) is 10.5. The molecule has 0 amide bonds. The zero-order valence-electron chi connectivity index (χ0n) is 15.9. The highest BCUT2D eigenvalue weighted by Crippen LogP contribution is 2.24. The Bertz CT molecular complexity index is 864. The van der Waals surface area contributed by atoms with Crippen molar-refractivity contribution in [2.45, 2.75) is 44.6 Å². The molecule has 0 radical (unpaired) electrons. The van der Waals surface area contributed by atoms with E-state index in [1.165, 1.54) is 4.31 Å². The Kier molecular flexibility index (Phi) is 5.96. The second kappa shape index (κ2) is 8.22. The molecule has 27 heavy (non-hydrogen) atoms. The van der Waals surface area contributed by atoms with Gasteiger partial charge in [0.15, 0.2) is 0 Å². The summed E-state index contributed by atoms with van der Waals surface area (Å²) in [6.45, 7) is 6.90. The number of rotatable bonds is 6. The number of nitrogens with zero attached hydrogens (tertiary/aromatic N) is 3. The summed E-state index contributed by atoms with van der Waals surface area (Å²) in [5.41, 5.74) is 0.826. The van der Waals surface area contributed by atoms with E-state index in [0.29, 0.717) is 37.2 Å². The average molecular weight is 391 g/mol. The van der Waals surface area contributed by atoms with Gasteiger partial charge in [0.05, 0.1) is 18.0 Å². The van der Waals surface area contributed by atoms with E-state index < -0.39 is 10.0 Å². The van der Waals surface area contributed by atoms with Crippen molar-refractivity contribution in [1.82, 2.24) is 14.3 Å². The molecule has 146 valence electrons. The molecule has 2 aromatic rings. The van der Waals surface area contributed by atoms with Crippen molar-refractivity contribution < 1.29 is 17.9 Å². The summed E-state index contributed by atoms with van der Waals surface area (Å²) in [6, 6.07) is 8.30. The van der Waals surface area contributed by atoms with Crippen LogP contribution in [0, 0.1) is 13.8 Å². The molecule has 1 aliphatic heterocycles. The van der Waals surface area contributed by atoms with Gasteiger partial charge in [-0.3, -0.25) is 0 Å². The fraction of sp³-hybridized carbons (Fsp3) is 0.474. The van der Waals surface area contributed by atoms with Crippen molar-refractivity contribution in [3.05, 3.63) is 41.9 Å². The standard InChI is InChI=1S/C19H25N3O4S/c1-4-25-16-7-9-18(10-8-16)27(23,24)22-11-5-6-17(13-22)26-19-12-14(2)20-15(3)21-19/h7-10,12,17H,4-6,11,13H2,1-3H3. The Morgan fingerprint density at radius 3 is 2.59 bits per heavy atom. The second-order valence-corrected chi connectivity index (χ2v) is 8.48. The highest BCUT2D eigenvalue weighted by atomic mass is 32.2. The normalized spacial score (nSPS) is 18.3. The molecule has 8 heteroatoms. The van der Waals surface area contributed by atoms with Crippen LogP contribution in [-0.4, -0.2) is 48.5 Å². The quantitative estimate of drug-likeness (QED) is 0.753. The predicted molar refractivity (Wildman–Crippen MR) is 102 cm³/mol. The molecule has 1 unspecified atom stereocenters. The summed E-state index contributed by atoms with van der Waals surface area (Å²) in [4.78, 5) is 8.78. The van der Waals surface area contributed by atoms with Gasteiger partial charge in [0.1, 0.15) is 17.7 Å². The number of aryl methyl sites for hydroxylation is 2. The molecule has 1 saturated heterocycles. The molecule has 7 nitrogen and oxygen atoms in total. The van der Waals surface area contributed by atoms with Crippen LogP contribution in [0.5, 0.6) is 11.6 Å². The van der Waals surface area contributed by atoms with Crippen molar-refractivity contribution in [2.75, 3.05) is 19.7 Å². The van der Waals surface area contributed by atoms with Gasteiger partial charge in [0.2, 0.25) is 15.9 Å². The molecule has 3 rings (SSSR count). The van der Waals surface area contributed by atoms with Crippen LogP contribution in [0.15, 0.2) is 35.2 Å². The molecule has 0 bridgehead atoms. The van der Waals surface area contributed by atoms with Crippen molar-refractivity contribution in [2.24, 2.45) is 0 Å². The van der Waals surface area contributed by atoms with E-state index in [9.17, 15) is 8.42 Å². The van der Waals surface area contributed by atoms with E-state index in [-0.39, 0.29) is 11.0 Å². The van der Waals surface area contributed by atoms with Crippen LogP contribution in [-0.2, 0) is 10.0 Å². The first kappa shape index (κ1) is 19.6. The maximum Gasteiger partial charge on any atom is 0.243 e. The first-order chi connectivity index (χ1) is 12.9. The van der Waals surface area contributed by atoms with Gasteiger partial charge >= 0.3 is 0 Å². The number of hydrogen-bond acceptors (Lipinski definition) is 6. The Hall–Kier alpha value is -2.19. The smallest absolute Gasteiger partial charge is 0.243 e. The van der Waals surface area contributed by atoms with E-state index in [1.54, 1.807) is 30.3 Å². The third-order valence-corrected chi connectivity index (χ3v) is 6.22. The summed E-state index contributed by atoms with van der Waals surface area (Å²) >= 11 is 0. The molecular weight excluding hydrogens is 366 g/mol. The van der Waals surface area contributed by atoms with Crippen molar-refractivity contribution in [1.29, 1.82) is 0 Å². The van der Waals surface area contributed by atoms with Crippen LogP contribution in [0.4, 0.5) is 0 Å². The van der Waals surface area contributed by atoms with Gasteiger partial charge in [-0.1, -0.05) is 0 Å². The molecule has 1 aliphatic rings. The summed E-state index contributed by atoms with van der Waals surface area (Å²) in [5.74, 6) is 1.79. The summed E-state index contributed by atoms with van der Waals surface area (Å²) in [6.07, 6.45) is 1.30. The summed E-state index contributed by atoms with van der Waals surface area (Å²) in [5, 5.41) is 0. The van der Waals surface area contributed by atoms with Gasteiger partial charge < -0.3 is 9.47 Å². The number of hydrogen-bond donors (Lipinski definition) is 0. The molecule has 0 spiro atoms. The number of sulfonamides is 1. The molecule has 2 heterocycles. The molecule has 1 fully saturated rings. The van der Waals surface area contributed by atoms with E-state index in [0.717, 1.165) is 18.5 Å². The highest BCUT2D eigenvalue weighted by molar-refractivity contribution is 7.89. The van der Waals surface area contributed by atoms with Gasteiger partial charge in [0.25, 0.3) is 0 Å². The summed E-state index contributed by atoms with van der Waals surface area (Å²) < 4.78 is 38.8. The van der Waals surface area contributed by atoms with E-state index in [1.807, 2.05) is 20.8 Å². The monoisotopic (exact) mass is 391 g/mol. The molecule has 1 atom stereocenters. The minimum absolute atomic E-state index is 0.232. The molecule has 1 aromatic carbocycles. The number of aromatic nitrogens is 2. The molecule has 1 aromatic heterocycles. The van der Waals surface area contributed by atoms with Crippen LogP contribution < -0.4 is 9.47 Å². The van der Waals surface area contributed by atoms with Crippen LogP contribution in [0.25, 0.3) is 0 Å². The van der Waals surface area contributed by atoms with Crippen LogP contribution in [0.1, 0.15) is 31.3 Å². The summed E-state index contributed by atoms with van der Waals surface area (Å²) in [7, 11) is -3.57. The molecular formula is C19H25N3O4S. The Morgan fingerprint density at radius 1 is 1.19 bits per heavy atom.